The third-order valence-corrected chi connectivity index (χ3v) is 3.56. The molecule has 8 heteroatoms. The van der Waals surface area contributed by atoms with Crippen molar-refractivity contribution in [3.63, 3.8) is 0 Å². The zero-order valence-corrected chi connectivity index (χ0v) is 14.1. The number of aliphatic hydroxyl groups excluding tert-OH is 1. The van der Waals surface area contributed by atoms with E-state index in [1.807, 2.05) is 30.3 Å². The number of aliphatic hydroxyl groups is 1. The van der Waals surface area contributed by atoms with Crippen LogP contribution in [0.3, 0.4) is 0 Å². The summed E-state index contributed by atoms with van der Waals surface area (Å²) in [5.41, 5.74) is 1.13. The van der Waals surface area contributed by atoms with Crippen LogP contribution in [0.4, 0.5) is 18.9 Å². The number of nitrogens with one attached hydrogen (secondary N) is 2. The molecule has 3 N–H and O–H groups in total. The predicted octanol–water partition coefficient (Wildman–Crippen LogP) is 1.77. The Morgan fingerprint density at radius 1 is 1.15 bits per heavy atom. The van der Waals surface area contributed by atoms with Crippen molar-refractivity contribution in [1.29, 1.82) is 0 Å². The highest BCUT2D eigenvalue weighted by molar-refractivity contribution is 5.91. The number of anilines is 1. The Bertz CT molecular complexity index is 706. The molecule has 0 aliphatic carbocycles. The molecule has 5 nitrogen and oxygen atoms in total. The Morgan fingerprint density at radius 2 is 1.77 bits per heavy atom. The lowest BCUT2D eigenvalue weighted by Crippen LogP contribution is -3.10. The van der Waals surface area contributed by atoms with Gasteiger partial charge in [-0.2, -0.15) is 0 Å². The number of amides is 1. The lowest BCUT2D eigenvalue weighted by atomic mass is 10.1. The number of alkyl halides is 3. The van der Waals surface area contributed by atoms with Gasteiger partial charge < -0.3 is 20.1 Å². The minimum Gasteiger partial charge on any atom is -0.406 e. The molecule has 0 radical (unpaired) electrons. The molecule has 2 rings (SSSR count). The third kappa shape index (κ3) is 6.73. The molecule has 26 heavy (non-hydrogen) atoms. The van der Waals surface area contributed by atoms with Crippen LogP contribution in [0, 0.1) is 0 Å². The van der Waals surface area contributed by atoms with Crippen LogP contribution in [0.1, 0.15) is 11.7 Å². The van der Waals surface area contributed by atoms with E-state index in [4.69, 9.17) is 0 Å². The summed E-state index contributed by atoms with van der Waals surface area (Å²) in [5, 5.41) is 12.8. The maximum Gasteiger partial charge on any atom is 0.573 e. The molecule has 1 amide bonds. The van der Waals surface area contributed by atoms with Crippen LogP contribution >= 0.6 is 0 Å². The molecule has 0 heterocycles. The highest BCUT2D eigenvalue weighted by atomic mass is 19.4. The number of ether oxygens (including phenoxy) is 1. The average Bonchev–Trinajstić information content (AvgIpc) is 2.56. The van der Waals surface area contributed by atoms with Crippen molar-refractivity contribution in [3.05, 3.63) is 60.2 Å². The van der Waals surface area contributed by atoms with Crippen LogP contribution in [0.15, 0.2) is 54.6 Å². The Kier molecular flexibility index (Phi) is 6.59. The number of rotatable bonds is 7. The number of carbonyl (C=O) groups is 1. The number of halogens is 3. The van der Waals surface area contributed by atoms with Crippen molar-refractivity contribution in [2.24, 2.45) is 0 Å². The molecule has 2 aromatic carbocycles. The van der Waals surface area contributed by atoms with Gasteiger partial charge >= 0.3 is 6.36 Å². The molecule has 1 unspecified atom stereocenters. The topological polar surface area (TPSA) is 63.0 Å². The zero-order valence-electron chi connectivity index (χ0n) is 14.1. The summed E-state index contributed by atoms with van der Waals surface area (Å²) in [4.78, 5) is 12.8. The number of likely N-dealkylation sites (N-methyl/N-ethyl adjacent to an activating group) is 1. The highest BCUT2D eigenvalue weighted by Crippen LogP contribution is 2.23. The summed E-state index contributed by atoms with van der Waals surface area (Å²) in [5.74, 6) is -0.670. The van der Waals surface area contributed by atoms with Crippen molar-refractivity contribution >= 4 is 11.6 Å². The van der Waals surface area contributed by atoms with Crippen molar-refractivity contribution in [1.82, 2.24) is 0 Å². The first kappa shape index (κ1) is 19.7. The molecule has 0 saturated carbocycles. The van der Waals surface area contributed by atoms with Gasteiger partial charge in [-0.15, -0.1) is 13.2 Å². The van der Waals surface area contributed by atoms with Gasteiger partial charge in [-0.05, 0) is 29.8 Å². The van der Waals surface area contributed by atoms with E-state index in [2.05, 4.69) is 10.1 Å². The van der Waals surface area contributed by atoms with Crippen LogP contribution in [-0.4, -0.2) is 37.5 Å². The fraction of sp³-hybridized carbons (Fsp3) is 0.278. The first-order valence-electron chi connectivity index (χ1n) is 7.93. The van der Waals surface area contributed by atoms with E-state index in [9.17, 15) is 23.1 Å². The monoisotopic (exact) mass is 369 g/mol. The van der Waals surface area contributed by atoms with Crippen molar-refractivity contribution in [2.75, 3.05) is 25.5 Å². The number of carbonyl (C=O) groups excluding carboxylic acids is 1. The lowest BCUT2D eigenvalue weighted by Gasteiger charge is -2.18. The standard InChI is InChI=1S/C18H19F3N2O3/c1-23(11-16(24)13-5-3-2-4-6-13)12-17(25)22-14-7-9-15(10-8-14)26-18(19,20)21/h2-10,16,24H,11-12H2,1H3,(H,22,25)/p+1/t16-/m0/s1. The fourth-order valence-electron chi connectivity index (χ4n) is 2.41. The van der Waals surface area contributed by atoms with Crippen LogP contribution in [-0.2, 0) is 4.79 Å². The van der Waals surface area contributed by atoms with Crippen LogP contribution in [0.2, 0.25) is 0 Å². The predicted molar refractivity (Wildman–Crippen MR) is 89.8 cm³/mol. The van der Waals surface area contributed by atoms with Gasteiger partial charge in [0.2, 0.25) is 0 Å². The zero-order chi connectivity index (χ0) is 19.2. The van der Waals surface area contributed by atoms with Gasteiger partial charge in [-0.1, -0.05) is 30.3 Å². The van der Waals surface area contributed by atoms with E-state index in [1.54, 1.807) is 7.05 Å². The molecule has 0 aliphatic heterocycles. The van der Waals surface area contributed by atoms with Crippen LogP contribution in [0.25, 0.3) is 0 Å². The minimum atomic E-state index is -4.75. The number of quaternary nitrogens is 1. The van der Waals surface area contributed by atoms with Gasteiger partial charge in [-0.25, -0.2) is 0 Å². The Hall–Kier alpha value is -2.58. The molecule has 140 valence electrons. The second kappa shape index (κ2) is 8.68. The molecule has 0 fully saturated rings. The van der Waals surface area contributed by atoms with Crippen molar-refractivity contribution in [2.45, 2.75) is 12.5 Å². The molecule has 0 spiro atoms. The lowest BCUT2D eigenvalue weighted by molar-refractivity contribution is -0.875. The summed E-state index contributed by atoms with van der Waals surface area (Å²) in [6, 6.07) is 14.0. The molecule has 0 saturated heterocycles. The van der Waals surface area contributed by atoms with E-state index in [0.29, 0.717) is 12.2 Å². The smallest absolute Gasteiger partial charge is 0.406 e. The summed E-state index contributed by atoms with van der Waals surface area (Å²) in [6.45, 7) is 0.445. The molecular weight excluding hydrogens is 349 g/mol. The quantitative estimate of drug-likeness (QED) is 0.697. The van der Waals surface area contributed by atoms with Gasteiger partial charge in [0.05, 0.1) is 7.05 Å². The summed E-state index contributed by atoms with van der Waals surface area (Å²) >= 11 is 0. The highest BCUT2D eigenvalue weighted by Gasteiger charge is 2.31. The van der Waals surface area contributed by atoms with E-state index in [1.165, 1.54) is 12.1 Å². The molecule has 2 aromatic rings. The summed E-state index contributed by atoms with van der Waals surface area (Å²) < 4.78 is 40.1. The Balaban J connectivity index is 1.82. The van der Waals surface area contributed by atoms with Gasteiger partial charge in [-0.3, -0.25) is 4.79 Å². The molecule has 0 bridgehead atoms. The number of benzene rings is 2. The first-order chi connectivity index (χ1) is 12.2. The van der Waals surface area contributed by atoms with E-state index >= 15 is 0 Å². The van der Waals surface area contributed by atoms with E-state index in [0.717, 1.165) is 22.6 Å². The van der Waals surface area contributed by atoms with Crippen molar-refractivity contribution < 1.29 is 32.7 Å². The molecule has 2 atom stereocenters. The average molecular weight is 369 g/mol. The van der Waals surface area contributed by atoms with Crippen LogP contribution in [0.5, 0.6) is 5.75 Å². The second-order valence-electron chi connectivity index (χ2n) is 5.88. The van der Waals surface area contributed by atoms with Crippen LogP contribution < -0.4 is 15.0 Å². The largest absolute Gasteiger partial charge is 0.573 e. The number of hydrogen-bond acceptors (Lipinski definition) is 3. The third-order valence-electron chi connectivity index (χ3n) is 3.56. The van der Waals surface area contributed by atoms with Crippen molar-refractivity contribution in [3.8, 4) is 5.75 Å². The van der Waals surface area contributed by atoms with E-state index in [-0.39, 0.29) is 18.2 Å². The molecular formula is C18H20F3N2O3+. The minimum absolute atomic E-state index is 0.102. The summed E-state index contributed by atoms with van der Waals surface area (Å²) in [6.07, 6.45) is -5.45. The van der Waals surface area contributed by atoms with Gasteiger partial charge in [0, 0.05) is 5.69 Å². The SMILES string of the molecule is C[NH+](CC(=O)Nc1ccc(OC(F)(F)F)cc1)C[C@H](O)c1ccccc1. The van der Waals surface area contributed by atoms with Gasteiger partial charge in [0.15, 0.2) is 6.54 Å². The van der Waals surface area contributed by atoms with Gasteiger partial charge in [0.25, 0.3) is 5.91 Å². The summed E-state index contributed by atoms with van der Waals surface area (Å²) in [7, 11) is 1.77. The maximum atomic E-state index is 12.1. The normalized spacial score (nSPS) is 13.7. The van der Waals surface area contributed by atoms with E-state index < -0.39 is 12.5 Å². The maximum absolute atomic E-state index is 12.1. The second-order valence-corrected chi connectivity index (χ2v) is 5.88. The fourth-order valence-corrected chi connectivity index (χ4v) is 2.41. The van der Waals surface area contributed by atoms with Gasteiger partial charge in [0.1, 0.15) is 18.4 Å². The first-order valence-corrected chi connectivity index (χ1v) is 7.93. The Labute approximate surface area is 149 Å². The number of hydrogen-bond donors (Lipinski definition) is 3. The molecule has 0 aliphatic rings. The Morgan fingerprint density at radius 3 is 2.35 bits per heavy atom. The molecule has 0 aromatic heterocycles.